The Morgan fingerprint density at radius 2 is 1.55 bits per heavy atom. The van der Waals surface area contributed by atoms with Gasteiger partial charge in [-0.1, -0.05) is 44.2 Å². The van der Waals surface area contributed by atoms with E-state index < -0.39 is 18.1 Å². The Kier molecular flexibility index (Phi) is 6.23. The fourth-order valence-electron chi connectivity index (χ4n) is 9.07. The summed E-state index contributed by atoms with van der Waals surface area (Å²) in [5.41, 5.74) is 7.46. The monoisotopic (exact) mass is 519 g/mol. The van der Waals surface area contributed by atoms with Gasteiger partial charge in [0.05, 0.1) is 17.1 Å². The molecule has 0 amide bonds. The van der Waals surface area contributed by atoms with Crippen molar-refractivity contribution in [1.82, 2.24) is 14.5 Å². The van der Waals surface area contributed by atoms with Crippen LogP contribution in [0.15, 0.2) is 29.1 Å². The number of rotatable bonds is 4. The number of benzene rings is 1. The molecule has 4 heterocycles. The molecule has 38 heavy (non-hydrogen) atoms. The first-order valence-corrected chi connectivity index (χ1v) is 15.0. The number of piperidine rings is 2. The van der Waals surface area contributed by atoms with E-state index in [1.54, 1.807) is 4.90 Å². The minimum atomic E-state index is -0.999. The molecule has 7 rings (SSSR count). The topological polar surface area (TPSA) is 105 Å². The summed E-state index contributed by atoms with van der Waals surface area (Å²) in [7, 11) is 0. The van der Waals surface area contributed by atoms with Crippen LogP contribution < -0.4 is 16.2 Å². The van der Waals surface area contributed by atoms with Crippen molar-refractivity contribution in [3.63, 3.8) is 0 Å². The number of nitrogens with two attached hydrogens (primary N) is 1. The number of hydrogen-bond donors (Lipinski definition) is 2. The first-order valence-electron chi connectivity index (χ1n) is 15.0. The third-order valence-corrected chi connectivity index (χ3v) is 10.6. The second-order valence-electron chi connectivity index (χ2n) is 12.9. The number of carbonyl (C=O) groups is 1. The molecule has 1 aromatic carbocycles. The van der Waals surface area contributed by atoms with Gasteiger partial charge >= 0.3 is 5.97 Å². The van der Waals surface area contributed by atoms with Crippen molar-refractivity contribution >= 4 is 22.8 Å². The van der Waals surface area contributed by atoms with Gasteiger partial charge in [0.25, 0.3) is 5.56 Å². The van der Waals surface area contributed by atoms with Crippen LogP contribution in [-0.2, 0) is 4.79 Å². The second kappa shape index (κ2) is 9.63. The predicted molar refractivity (Wildman–Crippen MR) is 147 cm³/mol. The molecular weight excluding hydrogens is 478 g/mol. The van der Waals surface area contributed by atoms with Crippen LogP contribution in [0, 0.1) is 11.8 Å². The highest BCUT2D eigenvalue weighted by Crippen LogP contribution is 2.47. The molecule has 2 saturated carbocycles. The van der Waals surface area contributed by atoms with Crippen molar-refractivity contribution in [3.05, 3.63) is 34.6 Å². The minimum Gasteiger partial charge on any atom is -0.480 e. The Morgan fingerprint density at radius 3 is 2.21 bits per heavy atom. The summed E-state index contributed by atoms with van der Waals surface area (Å²) in [5, 5.41) is 9.73. The Labute approximate surface area is 224 Å². The number of fused-ring (bicyclic) bond motifs is 5. The molecule has 2 aromatic rings. The van der Waals surface area contributed by atoms with Crippen molar-refractivity contribution in [2.45, 2.75) is 113 Å². The van der Waals surface area contributed by atoms with Gasteiger partial charge in [-0.3, -0.25) is 9.69 Å². The molecule has 3 aliphatic heterocycles. The molecule has 1 aromatic heterocycles. The van der Waals surface area contributed by atoms with E-state index >= 15 is 0 Å². The largest absolute Gasteiger partial charge is 0.480 e. The Morgan fingerprint density at radius 1 is 0.868 bits per heavy atom. The van der Waals surface area contributed by atoms with Gasteiger partial charge < -0.3 is 20.3 Å². The highest BCUT2D eigenvalue weighted by molar-refractivity contribution is 5.83. The SMILES string of the molecule is N[C@@H]1CN(c2nc3ccccc3n([C@H]3C[C@H]4CCC[C@@H](C3)N4[C@@H]3C[C@@H]4CCCC[C@@H](C4)C3)c2=O)[C@@H]1C(=O)O. The highest BCUT2D eigenvalue weighted by atomic mass is 16.4. The molecule has 0 radical (unpaired) electrons. The molecule has 3 saturated heterocycles. The van der Waals surface area contributed by atoms with E-state index in [0.29, 0.717) is 24.7 Å². The summed E-state index contributed by atoms with van der Waals surface area (Å²) in [4.78, 5) is 35.2. The Bertz CT molecular complexity index is 1250. The van der Waals surface area contributed by atoms with Crippen LogP contribution in [-0.4, -0.2) is 62.3 Å². The molecule has 4 bridgehead atoms. The molecule has 5 fully saturated rings. The van der Waals surface area contributed by atoms with E-state index in [9.17, 15) is 14.7 Å². The molecule has 8 heteroatoms. The van der Waals surface area contributed by atoms with Crippen LogP contribution >= 0.6 is 0 Å². The third kappa shape index (κ3) is 4.06. The van der Waals surface area contributed by atoms with Crippen LogP contribution in [0.25, 0.3) is 11.0 Å². The van der Waals surface area contributed by atoms with Gasteiger partial charge in [-0.2, -0.15) is 0 Å². The van der Waals surface area contributed by atoms with Crippen molar-refractivity contribution in [1.29, 1.82) is 0 Å². The molecule has 204 valence electrons. The molecule has 5 aliphatic rings. The van der Waals surface area contributed by atoms with Crippen LogP contribution in [0.3, 0.4) is 0 Å². The standard InChI is InChI=1S/C30H41N5O3/c31-24-17-33(27(24)30(37)38)28-29(36)35(26-11-4-3-10-25(26)32-28)23-15-20-8-5-9-21(16-23)34(20)22-13-18-6-1-2-7-19(12-18)14-22/h3-4,10-11,18-24,27H,1-2,5-9,12-17,31H2,(H,37,38)/t18-,19+,20-,21+,22-,23+,24-,27+/m1/s1. The Balaban J connectivity index is 1.22. The lowest BCUT2D eigenvalue weighted by atomic mass is 9.73. The molecule has 8 atom stereocenters. The summed E-state index contributed by atoms with van der Waals surface area (Å²) in [6.07, 6.45) is 15.5. The first kappa shape index (κ1) is 24.6. The number of carboxylic acid groups (broad SMARTS) is 1. The normalized spacial score (nSPS) is 37.4. The van der Waals surface area contributed by atoms with Crippen LogP contribution in [0.4, 0.5) is 5.82 Å². The summed E-state index contributed by atoms with van der Waals surface area (Å²) in [6.45, 7) is 0.339. The molecular formula is C30H41N5O3. The molecule has 0 unspecified atom stereocenters. The summed E-state index contributed by atoms with van der Waals surface area (Å²) in [6, 6.07) is 8.29. The van der Waals surface area contributed by atoms with Crippen LogP contribution in [0.5, 0.6) is 0 Å². The second-order valence-corrected chi connectivity index (χ2v) is 12.9. The van der Waals surface area contributed by atoms with Gasteiger partial charge in [0.2, 0.25) is 0 Å². The average Bonchev–Trinajstić information content (AvgIpc) is 3.05. The smallest absolute Gasteiger partial charge is 0.328 e. The van der Waals surface area contributed by atoms with Gasteiger partial charge in [0.15, 0.2) is 5.82 Å². The molecule has 8 nitrogen and oxygen atoms in total. The fourth-order valence-corrected chi connectivity index (χ4v) is 9.07. The number of hydrogen-bond acceptors (Lipinski definition) is 6. The fraction of sp³-hybridized carbons (Fsp3) is 0.700. The number of para-hydroxylation sites is 2. The number of nitrogens with zero attached hydrogens (tertiary/aromatic N) is 4. The van der Waals surface area contributed by atoms with Crippen LogP contribution in [0.1, 0.15) is 83.1 Å². The van der Waals surface area contributed by atoms with E-state index in [1.807, 2.05) is 28.8 Å². The van der Waals surface area contributed by atoms with Crippen LogP contribution in [0.2, 0.25) is 0 Å². The molecule has 2 aliphatic carbocycles. The number of aliphatic carboxylic acids is 1. The zero-order valence-electron chi connectivity index (χ0n) is 22.3. The number of anilines is 1. The minimum absolute atomic E-state index is 0.102. The van der Waals surface area contributed by atoms with E-state index in [-0.39, 0.29) is 17.4 Å². The molecule has 0 spiro atoms. The maximum Gasteiger partial charge on any atom is 0.328 e. The van der Waals surface area contributed by atoms with Crippen molar-refractivity contribution in [2.75, 3.05) is 11.4 Å². The van der Waals surface area contributed by atoms with E-state index in [4.69, 9.17) is 5.73 Å². The maximum atomic E-state index is 14.1. The molecule has 3 N–H and O–H groups in total. The zero-order chi connectivity index (χ0) is 26.0. The van der Waals surface area contributed by atoms with E-state index in [0.717, 1.165) is 35.7 Å². The van der Waals surface area contributed by atoms with Gasteiger partial charge in [-0.25, -0.2) is 9.78 Å². The maximum absolute atomic E-state index is 14.1. The summed E-state index contributed by atoms with van der Waals surface area (Å²) in [5.74, 6) is 1.04. The predicted octanol–water partition coefficient (Wildman–Crippen LogP) is 3.91. The zero-order valence-corrected chi connectivity index (χ0v) is 22.3. The third-order valence-electron chi connectivity index (χ3n) is 10.6. The Hall–Kier alpha value is -2.45. The highest BCUT2D eigenvalue weighted by Gasteiger charge is 2.47. The van der Waals surface area contributed by atoms with Crippen molar-refractivity contribution < 1.29 is 9.90 Å². The quantitative estimate of drug-likeness (QED) is 0.631. The average molecular weight is 520 g/mol. The van der Waals surface area contributed by atoms with Gasteiger partial charge in [0.1, 0.15) is 6.04 Å². The van der Waals surface area contributed by atoms with E-state index in [2.05, 4.69) is 9.88 Å². The summed E-state index contributed by atoms with van der Waals surface area (Å²) < 4.78 is 1.98. The van der Waals surface area contributed by atoms with Crippen molar-refractivity contribution in [3.8, 4) is 0 Å². The lowest BCUT2D eigenvalue weighted by Crippen LogP contribution is -2.69. The van der Waals surface area contributed by atoms with Crippen molar-refractivity contribution in [2.24, 2.45) is 17.6 Å². The van der Waals surface area contributed by atoms with Gasteiger partial charge in [-0.05, 0) is 68.9 Å². The number of aromatic nitrogens is 2. The van der Waals surface area contributed by atoms with Gasteiger partial charge in [0, 0.05) is 30.7 Å². The summed E-state index contributed by atoms with van der Waals surface area (Å²) >= 11 is 0. The lowest BCUT2D eigenvalue weighted by molar-refractivity contribution is -0.140. The number of carboxylic acids is 1. The van der Waals surface area contributed by atoms with Gasteiger partial charge in [-0.15, -0.1) is 0 Å². The first-order chi connectivity index (χ1) is 18.5. The van der Waals surface area contributed by atoms with E-state index in [1.165, 1.54) is 64.2 Å². The lowest BCUT2D eigenvalue weighted by Gasteiger charge is -2.54.